The van der Waals surface area contributed by atoms with Gasteiger partial charge in [-0.05, 0) is 23.8 Å². The van der Waals surface area contributed by atoms with Crippen LogP contribution >= 0.6 is 0 Å². The first-order valence-corrected chi connectivity index (χ1v) is 8.42. The van der Waals surface area contributed by atoms with Crippen molar-refractivity contribution in [3.05, 3.63) is 102 Å². The quantitative estimate of drug-likeness (QED) is 0.489. The topological polar surface area (TPSA) is 30.2 Å². The van der Waals surface area contributed by atoms with Gasteiger partial charge < -0.3 is 4.57 Å². The van der Waals surface area contributed by atoms with Gasteiger partial charge in [-0.1, -0.05) is 54.6 Å². The maximum atomic E-state index is 4.63. The summed E-state index contributed by atoms with van der Waals surface area (Å²) in [5, 5.41) is 1.22. The van der Waals surface area contributed by atoms with Gasteiger partial charge in [-0.15, -0.1) is 0 Å². The highest BCUT2D eigenvalue weighted by Crippen LogP contribution is 2.21. The van der Waals surface area contributed by atoms with E-state index in [-0.39, 0.29) is 0 Å². The summed E-state index contributed by atoms with van der Waals surface area (Å²) in [5.74, 6) is 0. The van der Waals surface area contributed by atoms with Gasteiger partial charge in [0.05, 0.1) is 18.8 Å². The SMILES string of the molecule is C(=NCc1ccccc1)c1cn(Cc2ccccn2)c2ccccc12. The molecule has 0 atom stereocenters. The number of pyridine rings is 1. The number of aromatic nitrogens is 2. The van der Waals surface area contributed by atoms with Crippen molar-refractivity contribution in [2.45, 2.75) is 13.1 Å². The van der Waals surface area contributed by atoms with Crippen LogP contribution in [0.5, 0.6) is 0 Å². The van der Waals surface area contributed by atoms with E-state index in [1.54, 1.807) is 0 Å². The van der Waals surface area contributed by atoms with Crippen molar-refractivity contribution in [3.8, 4) is 0 Å². The van der Waals surface area contributed by atoms with E-state index in [1.807, 2.05) is 42.7 Å². The molecule has 0 aliphatic carbocycles. The first-order valence-electron chi connectivity index (χ1n) is 8.42. The van der Waals surface area contributed by atoms with E-state index >= 15 is 0 Å². The van der Waals surface area contributed by atoms with Crippen LogP contribution in [0.25, 0.3) is 10.9 Å². The van der Waals surface area contributed by atoms with Crippen LogP contribution in [0.15, 0.2) is 90.2 Å². The van der Waals surface area contributed by atoms with Crippen molar-refractivity contribution < 1.29 is 0 Å². The van der Waals surface area contributed by atoms with Crippen molar-refractivity contribution in [3.63, 3.8) is 0 Å². The van der Waals surface area contributed by atoms with Crippen molar-refractivity contribution in [1.29, 1.82) is 0 Å². The summed E-state index contributed by atoms with van der Waals surface area (Å²) in [5.41, 5.74) is 4.61. The normalized spacial score (nSPS) is 11.4. The van der Waals surface area contributed by atoms with Gasteiger partial charge in [0.2, 0.25) is 0 Å². The highest BCUT2D eigenvalue weighted by molar-refractivity contribution is 5.99. The molecule has 0 saturated heterocycles. The van der Waals surface area contributed by atoms with E-state index in [0.717, 1.165) is 17.8 Å². The highest BCUT2D eigenvalue weighted by Gasteiger charge is 2.07. The Balaban J connectivity index is 1.63. The summed E-state index contributed by atoms with van der Waals surface area (Å²) < 4.78 is 2.24. The number of nitrogens with zero attached hydrogens (tertiary/aromatic N) is 3. The van der Waals surface area contributed by atoms with Gasteiger partial charge in [0.25, 0.3) is 0 Å². The van der Waals surface area contributed by atoms with Gasteiger partial charge >= 0.3 is 0 Å². The Bertz CT molecular complexity index is 986. The number of hydrogen-bond donors (Lipinski definition) is 0. The number of para-hydroxylation sites is 1. The van der Waals surface area contributed by atoms with Gasteiger partial charge in [0, 0.05) is 35.1 Å². The summed E-state index contributed by atoms with van der Waals surface area (Å²) in [6.07, 6.45) is 5.97. The number of benzene rings is 2. The molecule has 25 heavy (non-hydrogen) atoms. The lowest BCUT2D eigenvalue weighted by Gasteiger charge is -2.04. The number of fused-ring (bicyclic) bond motifs is 1. The van der Waals surface area contributed by atoms with Crippen LogP contribution in [0.3, 0.4) is 0 Å². The van der Waals surface area contributed by atoms with Gasteiger partial charge in [-0.2, -0.15) is 0 Å². The first-order chi connectivity index (χ1) is 12.4. The third-order valence-corrected chi connectivity index (χ3v) is 4.22. The van der Waals surface area contributed by atoms with E-state index in [4.69, 9.17) is 0 Å². The molecule has 0 bridgehead atoms. The van der Waals surface area contributed by atoms with E-state index in [9.17, 15) is 0 Å². The summed E-state index contributed by atoms with van der Waals surface area (Å²) >= 11 is 0. The predicted molar refractivity (Wildman–Crippen MR) is 103 cm³/mol. The van der Waals surface area contributed by atoms with Crippen LogP contribution in [0.4, 0.5) is 0 Å². The molecule has 0 radical (unpaired) electrons. The van der Waals surface area contributed by atoms with Gasteiger partial charge in [-0.25, -0.2) is 0 Å². The van der Waals surface area contributed by atoms with Crippen LogP contribution in [-0.2, 0) is 13.1 Å². The Kier molecular flexibility index (Phi) is 4.38. The van der Waals surface area contributed by atoms with Crippen LogP contribution in [0.1, 0.15) is 16.8 Å². The lowest BCUT2D eigenvalue weighted by Crippen LogP contribution is -1.99. The van der Waals surface area contributed by atoms with Gasteiger partial charge in [0.15, 0.2) is 0 Å². The monoisotopic (exact) mass is 325 g/mol. The number of aliphatic imine (C=N–C) groups is 1. The predicted octanol–water partition coefficient (Wildman–Crippen LogP) is 4.70. The third-order valence-electron chi connectivity index (χ3n) is 4.22. The molecule has 0 spiro atoms. The maximum absolute atomic E-state index is 4.63. The van der Waals surface area contributed by atoms with Gasteiger partial charge in [0.1, 0.15) is 0 Å². The minimum absolute atomic E-state index is 0.695. The van der Waals surface area contributed by atoms with E-state index in [1.165, 1.54) is 16.5 Å². The zero-order valence-corrected chi connectivity index (χ0v) is 13.9. The average Bonchev–Trinajstić information content (AvgIpc) is 3.01. The summed E-state index contributed by atoms with van der Waals surface area (Å²) in [6, 6.07) is 24.8. The second kappa shape index (κ2) is 7.14. The molecular weight excluding hydrogens is 306 g/mol. The second-order valence-electron chi connectivity index (χ2n) is 6.01. The van der Waals surface area contributed by atoms with Crippen molar-refractivity contribution in [1.82, 2.24) is 9.55 Å². The smallest absolute Gasteiger partial charge is 0.0648 e. The largest absolute Gasteiger partial charge is 0.341 e. The molecule has 2 heterocycles. The second-order valence-corrected chi connectivity index (χ2v) is 6.01. The molecule has 0 saturated carbocycles. The molecule has 0 amide bonds. The Hall–Kier alpha value is -3.20. The van der Waals surface area contributed by atoms with Crippen LogP contribution in [-0.4, -0.2) is 15.8 Å². The maximum Gasteiger partial charge on any atom is 0.0648 e. The zero-order valence-electron chi connectivity index (χ0n) is 13.9. The molecule has 4 aromatic rings. The lowest BCUT2D eigenvalue weighted by molar-refractivity contribution is 0.807. The molecule has 3 nitrogen and oxygen atoms in total. The summed E-state index contributed by atoms with van der Waals surface area (Å²) in [7, 11) is 0. The molecule has 2 aromatic carbocycles. The molecule has 2 aromatic heterocycles. The first kappa shape index (κ1) is 15.3. The van der Waals surface area contributed by atoms with Crippen molar-refractivity contribution in [2.75, 3.05) is 0 Å². The molecule has 0 unspecified atom stereocenters. The van der Waals surface area contributed by atoms with E-state index < -0.39 is 0 Å². The highest BCUT2D eigenvalue weighted by atomic mass is 15.0. The Morgan fingerprint density at radius 1 is 0.880 bits per heavy atom. The third kappa shape index (κ3) is 3.50. The van der Waals surface area contributed by atoms with E-state index in [0.29, 0.717) is 6.54 Å². The van der Waals surface area contributed by atoms with Gasteiger partial charge in [-0.3, -0.25) is 9.98 Å². The fourth-order valence-electron chi connectivity index (χ4n) is 3.01. The molecule has 0 N–H and O–H groups in total. The molecule has 0 fully saturated rings. The van der Waals surface area contributed by atoms with E-state index in [2.05, 4.69) is 63.2 Å². The average molecular weight is 325 g/mol. The Morgan fingerprint density at radius 2 is 1.68 bits per heavy atom. The molecule has 4 rings (SSSR count). The molecule has 3 heteroatoms. The Morgan fingerprint density at radius 3 is 2.52 bits per heavy atom. The van der Waals surface area contributed by atoms with Crippen molar-refractivity contribution >= 4 is 17.1 Å². The molecule has 122 valence electrons. The van der Waals surface area contributed by atoms with Crippen LogP contribution in [0.2, 0.25) is 0 Å². The number of rotatable bonds is 5. The number of hydrogen-bond acceptors (Lipinski definition) is 2. The summed E-state index contributed by atoms with van der Waals surface area (Å²) in [6.45, 7) is 1.45. The summed E-state index contributed by atoms with van der Waals surface area (Å²) in [4.78, 5) is 9.07. The zero-order chi connectivity index (χ0) is 16.9. The lowest BCUT2D eigenvalue weighted by atomic mass is 10.2. The molecule has 0 aliphatic heterocycles. The fraction of sp³-hybridized carbons (Fsp3) is 0.0909. The molecule has 0 aliphatic rings. The van der Waals surface area contributed by atoms with Crippen molar-refractivity contribution in [2.24, 2.45) is 4.99 Å². The van der Waals surface area contributed by atoms with Crippen LogP contribution < -0.4 is 0 Å². The minimum atomic E-state index is 0.695. The Labute approximate surface area is 147 Å². The minimum Gasteiger partial charge on any atom is -0.341 e. The fourth-order valence-corrected chi connectivity index (χ4v) is 3.01. The standard InChI is InChI=1S/C22H19N3/c1-2-8-18(9-3-1)14-23-15-19-16-25(17-20-10-6-7-13-24-20)22-12-5-4-11-21(19)22/h1-13,15-16H,14,17H2. The molecular formula is C22H19N3. The van der Waals surface area contributed by atoms with Crippen LogP contribution in [0, 0.1) is 0 Å².